The zero-order valence-corrected chi connectivity index (χ0v) is 20.1. The molecule has 5 nitrogen and oxygen atoms in total. The van der Waals surface area contributed by atoms with E-state index in [1.807, 2.05) is 54.6 Å². The lowest BCUT2D eigenvalue weighted by atomic mass is 10.1. The Hall–Kier alpha value is -3.53. The van der Waals surface area contributed by atoms with Gasteiger partial charge < -0.3 is 5.32 Å². The fraction of sp³-hybridized carbons (Fsp3) is 0.148. The maximum atomic E-state index is 13.6. The summed E-state index contributed by atoms with van der Waals surface area (Å²) < 4.78 is 0. The van der Waals surface area contributed by atoms with Crippen LogP contribution in [-0.2, 0) is 22.4 Å². The van der Waals surface area contributed by atoms with Gasteiger partial charge in [-0.2, -0.15) is 5.26 Å². The van der Waals surface area contributed by atoms with Gasteiger partial charge in [-0.05, 0) is 54.3 Å². The van der Waals surface area contributed by atoms with Crippen LogP contribution in [0.1, 0.15) is 18.1 Å². The topological polar surface area (TPSA) is 73.2 Å². The molecule has 0 spiro atoms. The van der Waals surface area contributed by atoms with E-state index in [0.29, 0.717) is 27.8 Å². The molecule has 7 heteroatoms. The Morgan fingerprint density at radius 1 is 1.06 bits per heavy atom. The van der Waals surface area contributed by atoms with Gasteiger partial charge in [0.05, 0.1) is 5.25 Å². The van der Waals surface area contributed by atoms with Crippen molar-refractivity contribution in [2.24, 2.45) is 0 Å². The van der Waals surface area contributed by atoms with E-state index in [9.17, 15) is 14.9 Å². The number of thioether (sulfide) groups is 1. The molecule has 3 aromatic carbocycles. The highest BCUT2D eigenvalue weighted by Gasteiger charge is 2.41. The molecule has 0 aromatic heterocycles. The smallest absolute Gasteiger partial charge is 0.269 e. The number of nitriles is 1. The summed E-state index contributed by atoms with van der Waals surface area (Å²) in [4.78, 5) is 28.1. The highest BCUT2D eigenvalue weighted by atomic mass is 35.5. The van der Waals surface area contributed by atoms with E-state index in [4.69, 9.17) is 11.6 Å². The normalized spacial score (nSPS) is 16.8. The number of carbonyl (C=O) groups excluding carboxylic acids is 2. The van der Waals surface area contributed by atoms with Gasteiger partial charge in [-0.3, -0.25) is 14.5 Å². The lowest BCUT2D eigenvalue weighted by molar-refractivity contribution is -0.117. The van der Waals surface area contributed by atoms with Gasteiger partial charge in [0.2, 0.25) is 5.91 Å². The monoisotopic (exact) mass is 487 g/mol. The number of halogens is 1. The van der Waals surface area contributed by atoms with Gasteiger partial charge in [0, 0.05) is 16.4 Å². The van der Waals surface area contributed by atoms with Crippen molar-refractivity contribution in [2.75, 3.05) is 10.2 Å². The largest absolute Gasteiger partial charge is 0.321 e. The predicted octanol–water partition coefficient (Wildman–Crippen LogP) is 5.97. The van der Waals surface area contributed by atoms with E-state index in [0.717, 1.165) is 17.5 Å². The maximum Gasteiger partial charge on any atom is 0.269 e. The Labute approximate surface area is 208 Å². The Kier molecular flexibility index (Phi) is 7.36. The molecule has 2 amide bonds. The van der Waals surface area contributed by atoms with Gasteiger partial charge in [0.25, 0.3) is 5.91 Å². The van der Waals surface area contributed by atoms with Crippen LogP contribution in [0, 0.1) is 11.3 Å². The first kappa shape index (κ1) is 23.6. The molecular formula is C27H22ClN3O2S. The molecule has 1 aliphatic rings. The van der Waals surface area contributed by atoms with Crippen LogP contribution in [-0.4, -0.2) is 17.1 Å². The zero-order valence-electron chi connectivity index (χ0n) is 18.5. The first-order chi connectivity index (χ1) is 16.5. The fourth-order valence-electron chi connectivity index (χ4n) is 3.68. The van der Waals surface area contributed by atoms with Crippen LogP contribution < -0.4 is 10.2 Å². The number of nitrogens with zero attached hydrogens (tertiary/aromatic N) is 2. The van der Waals surface area contributed by atoms with Crippen molar-refractivity contribution in [3.8, 4) is 6.07 Å². The summed E-state index contributed by atoms with van der Waals surface area (Å²) in [5.74, 6) is -0.748. The third kappa shape index (κ3) is 5.01. The number of benzene rings is 3. The summed E-state index contributed by atoms with van der Waals surface area (Å²) in [6, 6.07) is 25.9. The average molecular weight is 488 g/mol. The molecule has 1 aliphatic heterocycles. The molecule has 0 aliphatic carbocycles. The lowest BCUT2D eigenvalue weighted by Gasteiger charge is -2.19. The number of aryl methyl sites for hydroxylation is 1. The molecule has 3 aromatic rings. The molecule has 0 bridgehead atoms. The second-order valence-corrected chi connectivity index (χ2v) is 9.31. The molecule has 1 heterocycles. The number of carbonyl (C=O) groups is 2. The van der Waals surface area contributed by atoms with Crippen molar-refractivity contribution < 1.29 is 9.59 Å². The summed E-state index contributed by atoms with van der Waals surface area (Å²) in [5, 5.41) is 13.1. The number of hydrogen-bond acceptors (Lipinski definition) is 4. The van der Waals surface area contributed by atoms with E-state index in [-0.39, 0.29) is 11.5 Å². The van der Waals surface area contributed by atoms with Crippen LogP contribution in [0.5, 0.6) is 0 Å². The van der Waals surface area contributed by atoms with Crippen molar-refractivity contribution in [3.05, 3.63) is 106 Å². The minimum absolute atomic E-state index is 0.108. The van der Waals surface area contributed by atoms with Gasteiger partial charge in [0.1, 0.15) is 16.7 Å². The Bertz CT molecular complexity index is 1280. The number of hydrogen-bond donors (Lipinski definition) is 1. The molecule has 1 N–H and O–H groups in total. The number of rotatable bonds is 6. The van der Waals surface area contributed by atoms with E-state index in [1.54, 1.807) is 30.3 Å². The molecule has 0 radical (unpaired) electrons. The highest BCUT2D eigenvalue weighted by Crippen LogP contribution is 2.42. The van der Waals surface area contributed by atoms with Crippen LogP contribution in [0.3, 0.4) is 0 Å². The molecular weight excluding hydrogens is 466 g/mol. The summed E-state index contributed by atoms with van der Waals surface area (Å²) in [6.07, 6.45) is 1.25. The van der Waals surface area contributed by atoms with Crippen LogP contribution in [0.4, 0.5) is 11.4 Å². The first-order valence-corrected chi connectivity index (χ1v) is 12.1. The maximum absolute atomic E-state index is 13.6. The van der Waals surface area contributed by atoms with Crippen molar-refractivity contribution in [1.82, 2.24) is 0 Å². The van der Waals surface area contributed by atoms with Crippen molar-refractivity contribution in [2.45, 2.75) is 25.0 Å². The Balaban J connectivity index is 1.74. The lowest BCUT2D eigenvalue weighted by Crippen LogP contribution is -2.31. The van der Waals surface area contributed by atoms with Crippen molar-refractivity contribution in [1.29, 1.82) is 5.26 Å². The predicted molar refractivity (Wildman–Crippen MR) is 138 cm³/mol. The minimum atomic E-state index is -0.558. The number of nitrogens with one attached hydrogen (secondary N) is 1. The van der Waals surface area contributed by atoms with Gasteiger partial charge in [0.15, 0.2) is 0 Å². The molecule has 1 saturated heterocycles. The highest BCUT2D eigenvalue weighted by molar-refractivity contribution is 8.05. The molecule has 4 rings (SSSR count). The van der Waals surface area contributed by atoms with E-state index < -0.39 is 11.2 Å². The van der Waals surface area contributed by atoms with Gasteiger partial charge in [-0.15, -0.1) is 0 Å². The van der Waals surface area contributed by atoms with Gasteiger partial charge >= 0.3 is 0 Å². The summed E-state index contributed by atoms with van der Waals surface area (Å²) in [7, 11) is 0. The zero-order chi connectivity index (χ0) is 24.1. The van der Waals surface area contributed by atoms with E-state index in [2.05, 4.69) is 12.2 Å². The number of anilines is 2. The van der Waals surface area contributed by atoms with Crippen LogP contribution >= 0.6 is 23.4 Å². The molecule has 1 fully saturated rings. The second-order valence-electron chi connectivity index (χ2n) is 7.71. The summed E-state index contributed by atoms with van der Waals surface area (Å²) >= 11 is 7.56. The standard InChI is InChI=1S/C27H22ClN3O2S/c1-2-18-12-14-21(15-13-18)31-26(33)24(16-19-8-6-7-11-23(19)28)34-27(31)22(17-29)25(32)30-20-9-4-3-5-10-20/h3-15,24H,2,16H2,1H3,(H,30,32)/b27-22-. The van der Waals surface area contributed by atoms with Crippen LogP contribution in [0.2, 0.25) is 5.02 Å². The number of para-hydroxylation sites is 1. The fourth-order valence-corrected chi connectivity index (χ4v) is 5.19. The molecule has 0 saturated carbocycles. The van der Waals surface area contributed by atoms with E-state index >= 15 is 0 Å². The van der Waals surface area contributed by atoms with Gasteiger partial charge in [-0.1, -0.05) is 78.8 Å². The number of amides is 2. The van der Waals surface area contributed by atoms with Crippen molar-refractivity contribution in [3.63, 3.8) is 0 Å². The van der Waals surface area contributed by atoms with Crippen LogP contribution in [0.15, 0.2) is 89.5 Å². The summed E-state index contributed by atoms with van der Waals surface area (Å²) in [6.45, 7) is 2.05. The minimum Gasteiger partial charge on any atom is -0.321 e. The summed E-state index contributed by atoms with van der Waals surface area (Å²) in [5.41, 5.74) is 3.05. The third-order valence-corrected chi connectivity index (χ3v) is 7.13. The first-order valence-electron chi connectivity index (χ1n) is 10.9. The Morgan fingerprint density at radius 2 is 1.74 bits per heavy atom. The SMILES string of the molecule is CCc1ccc(N2C(=O)C(Cc3ccccc3Cl)S/C2=C(/C#N)C(=O)Nc2ccccc2)cc1. The molecule has 1 atom stereocenters. The second kappa shape index (κ2) is 10.6. The van der Waals surface area contributed by atoms with E-state index in [1.165, 1.54) is 16.7 Å². The third-order valence-electron chi connectivity index (χ3n) is 5.50. The average Bonchev–Trinajstić information content (AvgIpc) is 3.17. The van der Waals surface area contributed by atoms with Crippen molar-refractivity contribution >= 4 is 46.6 Å². The van der Waals surface area contributed by atoms with Gasteiger partial charge in [-0.25, -0.2) is 0 Å². The molecule has 34 heavy (non-hydrogen) atoms. The molecule has 1 unspecified atom stereocenters. The van der Waals surface area contributed by atoms with Crippen LogP contribution in [0.25, 0.3) is 0 Å². The molecule has 170 valence electrons. The quantitative estimate of drug-likeness (QED) is 0.343. The Morgan fingerprint density at radius 3 is 2.38 bits per heavy atom.